The fourth-order valence-corrected chi connectivity index (χ4v) is 1.56. The summed E-state index contributed by atoms with van der Waals surface area (Å²) in [6.07, 6.45) is 6.11. The van der Waals surface area contributed by atoms with Crippen LogP contribution in [0.15, 0.2) is 12.2 Å². The van der Waals surface area contributed by atoms with Gasteiger partial charge in [-0.3, -0.25) is 14.9 Å². The molecule has 0 aromatic heterocycles. The van der Waals surface area contributed by atoms with Gasteiger partial charge < -0.3 is 10.4 Å². The molecule has 0 saturated carbocycles. The highest BCUT2D eigenvalue weighted by molar-refractivity contribution is 5.95. The minimum absolute atomic E-state index is 0.0484. The van der Waals surface area contributed by atoms with E-state index in [4.69, 9.17) is 5.11 Å². The monoisotopic (exact) mass is 240 g/mol. The van der Waals surface area contributed by atoms with Crippen molar-refractivity contribution in [2.45, 2.75) is 38.1 Å². The maximum absolute atomic E-state index is 11.4. The van der Waals surface area contributed by atoms with Crippen LogP contribution in [0.5, 0.6) is 0 Å². The summed E-state index contributed by atoms with van der Waals surface area (Å²) in [6, 6.07) is -0.507. The Morgan fingerprint density at radius 1 is 1.24 bits per heavy atom. The van der Waals surface area contributed by atoms with E-state index in [2.05, 4.69) is 10.6 Å². The molecule has 3 N–H and O–H groups in total. The summed E-state index contributed by atoms with van der Waals surface area (Å²) in [5, 5.41) is 13.1. The standard InChI is InChI=1S/C11H16N2O4/c14-9(6-7-10(15)16)13-11(17)12-8-4-2-1-3-5-8/h1-2,8H,3-7H2,(H,15,16)(H2,12,13,14,17). The number of carboxylic acid groups (broad SMARTS) is 1. The molecule has 1 unspecified atom stereocenters. The Bertz CT molecular complexity index is 338. The highest BCUT2D eigenvalue weighted by atomic mass is 16.4. The Balaban J connectivity index is 2.21. The average molecular weight is 240 g/mol. The number of carbonyl (C=O) groups excluding carboxylic acids is 2. The molecular formula is C11H16N2O4. The number of imide groups is 1. The van der Waals surface area contributed by atoms with Crippen LogP contribution in [0.2, 0.25) is 0 Å². The van der Waals surface area contributed by atoms with E-state index in [1.165, 1.54) is 0 Å². The SMILES string of the molecule is O=C(O)CCC(=O)NC(=O)NC1CC=CCC1. The lowest BCUT2D eigenvalue weighted by Crippen LogP contribution is -2.44. The number of carboxylic acids is 1. The number of allylic oxidation sites excluding steroid dienone is 1. The fraction of sp³-hybridized carbons (Fsp3) is 0.545. The molecule has 0 bridgehead atoms. The van der Waals surface area contributed by atoms with Crippen molar-refractivity contribution >= 4 is 17.9 Å². The highest BCUT2D eigenvalue weighted by Gasteiger charge is 2.14. The second kappa shape index (κ2) is 6.67. The predicted octanol–water partition coefficient (Wildman–Crippen LogP) is 0.786. The van der Waals surface area contributed by atoms with E-state index in [9.17, 15) is 14.4 Å². The molecule has 6 nitrogen and oxygen atoms in total. The zero-order valence-corrected chi connectivity index (χ0v) is 9.44. The minimum Gasteiger partial charge on any atom is -0.481 e. The first-order chi connectivity index (χ1) is 8.08. The number of hydrogen-bond donors (Lipinski definition) is 3. The molecule has 1 rings (SSSR count). The van der Waals surface area contributed by atoms with Crippen LogP contribution in [0.4, 0.5) is 4.79 Å². The van der Waals surface area contributed by atoms with Crippen molar-refractivity contribution in [3.05, 3.63) is 12.2 Å². The van der Waals surface area contributed by atoms with Gasteiger partial charge in [0.1, 0.15) is 0 Å². The van der Waals surface area contributed by atoms with Gasteiger partial charge in [0.2, 0.25) is 5.91 Å². The molecule has 6 heteroatoms. The van der Waals surface area contributed by atoms with Crippen LogP contribution in [-0.2, 0) is 9.59 Å². The molecule has 1 aliphatic carbocycles. The van der Waals surface area contributed by atoms with Gasteiger partial charge in [-0.1, -0.05) is 12.2 Å². The van der Waals surface area contributed by atoms with Crippen molar-refractivity contribution < 1.29 is 19.5 Å². The molecule has 0 spiro atoms. The van der Waals surface area contributed by atoms with Crippen LogP contribution in [0.1, 0.15) is 32.1 Å². The number of hydrogen-bond acceptors (Lipinski definition) is 3. The van der Waals surface area contributed by atoms with Crippen molar-refractivity contribution in [1.82, 2.24) is 10.6 Å². The van der Waals surface area contributed by atoms with E-state index in [0.29, 0.717) is 0 Å². The Labute approximate surface area is 99.1 Å². The maximum atomic E-state index is 11.4. The highest BCUT2D eigenvalue weighted by Crippen LogP contribution is 2.09. The van der Waals surface area contributed by atoms with E-state index in [1.807, 2.05) is 12.2 Å². The smallest absolute Gasteiger partial charge is 0.321 e. The van der Waals surface area contributed by atoms with Crippen molar-refractivity contribution in [3.8, 4) is 0 Å². The number of urea groups is 1. The molecule has 17 heavy (non-hydrogen) atoms. The fourth-order valence-electron chi connectivity index (χ4n) is 1.56. The summed E-state index contributed by atoms with van der Waals surface area (Å²) in [5.41, 5.74) is 0. The van der Waals surface area contributed by atoms with Gasteiger partial charge in [0, 0.05) is 12.5 Å². The molecule has 0 aromatic rings. The van der Waals surface area contributed by atoms with Gasteiger partial charge in [0.25, 0.3) is 0 Å². The van der Waals surface area contributed by atoms with Gasteiger partial charge >= 0.3 is 12.0 Å². The summed E-state index contributed by atoms with van der Waals surface area (Å²) in [7, 11) is 0. The van der Waals surface area contributed by atoms with Crippen LogP contribution in [0, 0.1) is 0 Å². The third-order valence-electron chi connectivity index (χ3n) is 2.42. The van der Waals surface area contributed by atoms with Gasteiger partial charge in [-0.25, -0.2) is 4.79 Å². The largest absolute Gasteiger partial charge is 0.481 e. The molecule has 0 fully saturated rings. The Kier molecular flexibility index (Phi) is 5.19. The first-order valence-corrected chi connectivity index (χ1v) is 5.55. The average Bonchev–Trinajstić information content (AvgIpc) is 2.27. The van der Waals surface area contributed by atoms with Gasteiger partial charge in [-0.2, -0.15) is 0 Å². The van der Waals surface area contributed by atoms with Crippen LogP contribution in [0.3, 0.4) is 0 Å². The first-order valence-electron chi connectivity index (χ1n) is 5.55. The van der Waals surface area contributed by atoms with E-state index in [-0.39, 0.29) is 18.9 Å². The number of aliphatic carboxylic acids is 1. The van der Waals surface area contributed by atoms with Gasteiger partial charge in [0.15, 0.2) is 0 Å². The Hall–Kier alpha value is -1.85. The lowest BCUT2D eigenvalue weighted by Gasteiger charge is -2.19. The molecular weight excluding hydrogens is 224 g/mol. The summed E-state index contributed by atoms with van der Waals surface area (Å²) in [4.78, 5) is 32.7. The molecule has 3 amide bonds. The topological polar surface area (TPSA) is 95.5 Å². The lowest BCUT2D eigenvalue weighted by atomic mass is 10.0. The minimum atomic E-state index is -1.06. The molecule has 0 aliphatic heterocycles. The Morgan fingerprint density at radius 3 is 2.59 bits per heavy atom. The zero-order valence-electron chi connectivity index (χ0n) is 9.44. The normalized spacial score (nSPS) is 18.5. The summed E-state index contributed by atoms with van der Waals surface area (Å²) < 4.78 is 0. The van der Waals surface area contributed by atoms with Crippen LogP contribution >= 0.6 is 0 Å². The van der Waals surface area contributed by atoms with Crippen molar-refractivity contribution in [1.29, 1.82) is 0 Å². The molecule has 0 radical (unpaired) electrons. The number of rotatable bonds is 4. The summed E-state index contributed by atoms with van der Waals surface area (Å²) >= 11 is 0. The quantitative estimate of drug-likeness (QED) is 0.633. The third kappa shape index (κ3) is 5.70. The number of amides is 3. The second-order valence-electron chi connectivity index (χ2n) is 3.90. The van der Waals surface area contributed by atoms with Crippen LogP contribution in [0.25, 0.3) is 0 Å². The molecule has 0 aromatic carbocycles. The van der Waals surface area contributed by atoms with Crippen molar-refractivity contribution in [3.63, 3.8) is 0 Å². The molecule has 1 atom stereocenters. The molecule has 1 aliphatic rings. The van der Waals surface area contributed by atoms with Crippen molar-refractivity contribution in [2.75, 3.05) is 0 Å². The molecule has 0 saturated heterocycles. The summed E-state index contributed by atoms with van der Waals surface area (Å²) in [6.45, 7) is 0. The predicted molar refractivity (Wildman–Crippen MR) is 60.3 cm³/mol. The van der Waals surface area contributed by atoms with Gasteiger partial charge in [-0.15, -0.1) is 0 Å². The third-order valence-corrected chi connectivity index (χ3v) is 2.42. The maximum Gasteiger partial charge on any atom is 0.321 e. The van der Waals surface area contributed by atoms with E-state index < -0.39 is 17.9 Å². The van der Waals surface area contributed by atoms with Crippen molar-refractivity contribution in [2.24, 2.45) is 0 Å². The zero-order chi connectivity index (χ0) is 12.7. The molecule has 0 heterocycles. The van der Waals surface area contributed by atoms with E-state index in [0.717, 1.165) is 19.3 Å². The van der Waals surface area contributed by atoms with E-state index in [1.54, 1.807) is 0 Å². The number of nitrogens with one attached hydrogen (secondary N) is 2. The van der Waals surface area contributed by atoms with Gasteiger partial charge in [-0.05, 0) is 19.3 Å². The van der Waals surface area contributed by atoms with Crippen LogP contribution in [-0.4, -0.2) is 29.1 Å². The molecule has 94 valence electrons. The first kappa shape index (κ1) is 13.2. The lowest BCUT2D eigenvalue weighted by molar-refractivity contribution is -0.138. The van der Waals surface area contributed by atoms with E-state index >= 15 is 0 Å². The Morgan fingerprint density at radius 2 is 2.00 bits per heavy atom. The summed E-state index contributed by atoms with van der Waals surface area (Å²) in [5.74, 6) is -1.63. The van der Waals surface area contributed by atoms with Gasteiger partial charge in [0.05, 0.1) is 6.42 Å². The number of carbonyl (C=O) groups is 3. The second-order valence-corrected chi connectivity index (χ2v) is 3.90. The van der Waals surface area contributed by atoms with Crippen LogP contribution < -0.4 is 10.6 Å².